The monoisotopic (exact) mass is 418 g/mol. The van der Waals surface area contributed by atoms with Gasteiger partial charge in [-0.1, -0.05) is 37.4 Å². The van der Waals surface area contributed by atoms with Crippen molar-refractivity contribution in [2.24, 2.45) is 0 Å². The zero-order valence-electron chi connectivity index (χ0n) is 15.3. The van der Waals surface area contributed by atoms with Gasteiger partial charge in [0.25, 0.3) is 0 Å². The molecule has 5 nitrogen and oxygen atoms in total. The summed E-state index contributed by atoms with van der Waals surface area (Å²) in [4.78, 5) is 12.7. The fourth-order valence-electron chi connectivity index (χ4n) is 3.25. The Hall–Kier alpha value is -0.920. The van der Waals surface area contributed by atoms with Crippen molar-refractivity contribution in [3.63, 3.8) is 0 Å². The summed E-state index contributed by atoms with van der Waals surface area (Å²) in [5, 5.41) is 4.03. The van der Waals surface area contributed by atoms with Crippen LogP contribution in [-0.2, 0) is 14.8 Å². The van der Waals surface area contributed by atoms with Crippen LogP contribution >= 0.6 is 23.4 Å². The van der Waals surface area contributed by atoms with Crippen LogP contribution in [-0.4, -0.2) is 44.2 Å². The van der Waals surface area contributed by atoms with Gasteiger partial charge in [-0.15, -0.1) is 0 Å². The second-order valence-corrected chi connectivity index (χ2v) is 10.2. The highest BCUT2D eigenvalue weighted by atomic mass is 35.5. The van der Waals surface area contributed by atoms with E-state index in [2.05, 4.69) is 5.32 Å². The van der Waals surface area contributed by atoms with Gasteiger partial charge in [0.2, 0.25) is 15.9 Å². The van der Waals surface area contributed by atoms with Crippen LogP contribution in [0, 0.1) is 0 Å². The largest absolute Gasteiger partial charge is 0.353 e. The molecule has 8 heteroatoms. The number of thioether (sulfide) groups is 1. The quantitative estimate of drug-likeness (QED) is 0.621. The lowest BCUT2D eigenvalue weighted by Crippen LogP contribution is -2.49. The Bertz CT molecular complexity index is 706. The third-order valence-electron chi connectivity index (χ3n) is 4.45. The second kappa shape index (κ2) is 9.85. The number of carbonyl (C=O) groups is 1. The Labute approximate surface area is 165 Å². The number of carbonyl (C=O) groups excluding carboxylic acids is 1. The van der Waals surface area contributed by atoms with Crippen LogP contribution in [0.25, 0.3) is 0 Å². The molecule has 0 heterocycles. The minimum Gasteiger partial charge on any atom is -0.353 e. The number of halogens is 1. The molecule has 1 saturated carbocycles. The van der Waals surface area contributed by atoms with Crippen LogP contribution in [0.5, 0.6) is 0 Å². The van der Waals surface area contributed by atoms with Gasteiger partial charge in [-0.2, -0.15) is 11.8 Å². The first-order valence-electron chi connectivity index (χ1n) is 8.97. The molecule has 0 radical (unpaired) electrons. The van der Waals surface area contributed by atoms with E-state index in [-0.39, 0.29) is 5.91 Å². The second-order valence-electron chi connectivity index (χ2n) is 6.53. The Morgan fingerprint density at radius 2 is 2.08 bits per heavy atom. The average molecular weight is 419 g/mol. The summed E-state index contributed by atoms with van der Waals surface area (Å²) < 4.78 is 25.9. The molecule has 1 aromatic rings. The van der Waals surface area contributed by atoms with E-state index in [4.69, 9.17) is 11.6 Å². The summed E-state index contributed by atoms with van der Waals surface area (Å²) in [7, 11) is -3.63. The summed E-state index contributed by atoms with van der Waals surface area (Å²) in [5.41, 5.74) is 0.405. The van der Waals surface area contributed by atoms with Crippen molar-refractivity contribution in [1.29, 1.82) is 0 Å². The van der Waals surface area contributed by atoms with Gasteiger partial charge in [-0.25, -0.2) is 8.42 Å². The number of sulfonamides is 1. The van der Waals surface area contributed by atoms with Gasteiger partial charge in [-0.05, 0) is 37.5 Å². The van der Waals surface area contributed by atoms with Gasteiger partial charge in [-0.3, -0.25) is 9.10 Å². The fraction of sp³-hybridized carbons (Fsp3) is 0.611. The van der Waals surface area contributed by atoms with Crippen molar-refractivity contribution >= 4 is 45.0 Å². The molecular weight excluding hydrogens is 392 g/mol. The number of hydrogen-bond acceptors (Lipinski definition) is 4. The number of amides is 1. The molecule has 2 rings (SSSR count). The van der Waals surface area contributed by atoms with E-state index in [0.29, 0.717) is 28.9 Å². The lowest BCUT2D eigenvalue weighted by atomic mass is 10.2. The van der Waals surface area contributed by atoms with Crippen molar-refractivity contribution in [1.82, 2.24) is 5.32 Å². The van der Waals surface area contributed by atoms with Gasteiger partial charge in [0.1, 0.15) is 6.04 Å². The first-order valence-corrected chi connectivity index (χ1v) is 12.2. The maximum atomic E-state index is 12.7. The molecule has 1 aliphatic rings. The molecule has 0 unspecified atom stereocenters. The number of anilines is 1. The Morgan fingerprint density at radius 1 is 1.38 bits per heavy atom. The molecule has 0 spiro atoms. The van der Waals surface area contributed by atoms with Gasteiger partial charge in [0.15, 0.2) is 0 Å². The number of rotatable bonds is 9. The molecule has 1 fully saturated rings. The molecule has 26 heavy (non-hydrogen) atoms. The topological polar surface area (TPSA) is 66.5 Å². The summed E-state index contributed by atoms with van der Waals surface area (Å²) in [5.74, 6) is 0.577. The zero-order valence-corrected chi connectivity index (χ0v) is 17.7. The number of benzene rings is 1. The number of nitrogens with zero attached hydrogens (tertiary/aromatic N) is 1. The lowest BCUT2D eigenvalue weighted by Gasteiger charge is -2.30. The zero-order chi connectivity index (χ0) is 19.2. The summed E-state index contributed by atoms with van der Waals surface area (Å²) in [6.07, 6.45) is 6.59. The Morgan fingerprint density at radius 3 is 2.65 bits per heavy atom. The normalized spacial score (nSPS) is 16.4. The third kappa shape index (κ3) is 6.06. The lowest BCUT2D eigenvalue weighted by molar-refractivity contribution is -0.122. The summed E-state index contributed by atoms with van der Waals surface area (Å²) in [6, 6.07) is 5.78. The fourth-order valence-corrected chi connectivity index (χ4v) is 5.85. The first-order chi connectivity index (χ1) is 12.3. The van der Waals surface area contributed by atoms with Crippen molar-refractivity contribution in [3.05, 3.63) is 29.3 Å². The first kappa shape index (κ1) is 21.4. The maximum absolute atomic E-state index is 12.7. The van der Waals surface area contributed by atoms with E-state index in [1.165, 1.54) is 30.0 Å². The van der Waals surface area contributed by atoms with E-state index in [0.717, 1.165) is 12.0 Å². The molecule has 1 N–H and O–H groups in total. The standard InChI is InChI=1S/C18H27ClN2O3S2/c1-3-17(18(22)20-11-12-25-16-9-4-5-10-16)21(26(2,23)24)15-8-6-7-14(19)13-15/h6-8,13,16-17H,3-5,9-12H2,1-2H3,(H,20,22)/t17-/m1/s1. The molecule has 0 aromatic heterocycles. The van der Waals surface area contributed by atoms with Gasteiger partial charge >= 0.3 is 0 Å². The number of hydrogen-bond donors (Lipinski definition) is 1. The molecule has 0 saturated heterocycles. The molecule has 1 amide bonds. The minimum absolute atomic E-state index is 0.273. The summed E-state index contributed by atoms with van der Waals surface area (Å²) in [6.45, 7) is 2.35. The van der Waals surface area contributed by atoms with E-state index in [1.807, 2.05) is 11.8 Å². The van der Waals surface area contributed by atoms with Crippen LogP contribution < -0.4 is 9.62 Å². The van der Waals surface area contributed by atoms with E-state index >= 15 is 0 Å². The van der Waals surface area contributed by atoms with Gasteiger partial charge in [0, 0.05) is 22.6 Å². The van der Waals surface area contributed by atoms with Crippen LogP contribution in [0.2, 0.25) is 5.02 Å². The third-order valence-corrected chi connectivity index (χ3v) is 7.25. The molecule has 1 aromatic carbocycles. The molecule has 1 aliphatic carbocycles. The van der Waals surface area contributed by atoms with E-state index in [1.54, 1.807) is 31.2 Å². The molecule has 0 aliphatic heterocycles. The van der Waals surface area contributed by atoms with Crippen molar-refractivity contribution in [3.8, 4) is 0 Å². The maximum Gasteiger partial charge on any atom is 0.243 e. The molecule has 1 atom stereocenters. The van der Waals surface area contributed by atoms with E-state index < -0.39 is 16.1 Å². The highest BCUT2D eigenvalue weighted by Crippen LogP contribution is 2.29. The SMILES string of the molecule is CC[C@H](C(=O)NCCSC1CCCC1)N(c1cccc(Cl)c1)S(C)(=O)=O. The highest BCUT2D eigenvalue weighted by molar-refractivity contribution is 7.99. The predicted octanol–water partition coefficient (Wildman–Crippen LogP) is 3.68. The van der Waals surface area contributed by atoms with Gasteiger partial charge < -0.3 is 5.32 Å². The van der Waals surface area contributed by atoms with Crippen molar-refractivity contribution < 1.29 is 13.2 Å². The minimum atomic E-state index is -3.63. The number of nitrogens with one attached hydrogen (secondary N) is 1. The Kier molecular flexibility index (Phi) is 8.10. The van der Waals surface area contributed by atoms with Crippen LogP contribution in [0.15, 0.2) is 24.3 Å². The van der Waals surface area contributed by atoms with Crippen molar-refractivity contribution in [2.75, 3.05) is 22.9 Å². The average Bonchev–Trinajstić information content (AvgIpc) is 3.08. The predicted molar refractivity (Wildman–Crippen MR) is 111 cm³/mol. The Balaban J connectivity index is 2.02. The highest BCUT2D eigenvalue weighted by Gasteiger charge is 2.31. The molecular formula is C18H27ClN2O3S2. The van der Waals surface area contributed by atoms with Crippen LogP contribution in [0.3, 0.4) is 0 Å². The smallest absolute Gasteiger partial charge is 0.243 e. The van der Waals surface area contributed by atoms with Crippen LogP contribution in [0.4, 0.5) is 5.69 Å². The van der Waals surface area contributed by atoms with E-state index in [9.17, 15) is 13.2 Å². The summed E-state index contributed by atoms with van der Waals surface area (Å²) >= 11 is 7.90. The molecule has 0 bridgehead atoms. The molecule has 146 valence electrons. The van der Waals surface area contributed by atoms with Crippen LogP contribution in [0.1, 0.15) is 39.0 Å². The van der Waals surface area contributed by atoms with Crippen molar-refractivity contribution in [2.45, 2.75) is 50.3 Å². The van der Waals surface area contributed by atoms with Gasteiger partial charge in [0.05, 0.1) is 11.9 Å².